The average molecular weight is 383 g/mol. The Morgan fingerprint density at radius 3 is 2.50 bits per heavy atom. The zero-order valence-corrected chi connectivity index (χ0v) is 16.5. The second kappa shape index (κ2) is 10.0. The molecule has 7 nitrogen and oxygen atoms in total. The summed E-state index contributed by atoms with van der Waals surface area (Å²) < 4.78 is 1.35. The fourth-order valence-electron chi connectivity index (χ4n) is 3.41. The first kappa shape index (κ1) is 20.1. The van der Waals surface area contributed by atoms with E-state index in [-0.39, 0.29) is 11.5 Å². The maximum absolute atomic E-state index is 12.3. The van der Waals surface area contributed by atoms with Crippen LogP contribution in [0.4, 0.5) is 5.69 Å². The van der Waals surface area contributed by atoms with Crippen molar-refractivity contribution in [2.75, 3.05) is 44.2 Å². The highest BCUT2D eigenvalue weighted by Gasteiger charge is 2.16. The molecule has 0 atom stereocenters. The number of rotatable bonds is 8. The van der Waals surface area contributed by atoms with Crippen LogP contribution in [0.15, 0.2) is 47.3 Å². The summed E-state index contributed by atoms with van der Waals surface area (Å²) >= 11 is 0. The number of hydrogen-bond donors (Lipinski definition) is 1. The van der Waals surface area contributed by atoms with Gasteiger partial charge >= 0.3 is 0 Å². The molecule has 1 fully saturated rings. The molecule has 150 valence electrons. The summed E-state index contributed by atoms with van der Waals surface area (Å²) in [6.45, 7) is 8.19. The third-order valence-electron chi connectivity index (χ3n) is 4.96. The van der Waals surface area contributed by atoms with Crippen LogP contribution in [0.25, 0.3) is 0 Å². The fraction of sp³-hybridized carbons (Fsp3) is 0.476. The number of nitrogens with zero attached hydrogens (tertiary/aromatic N) is 4. The van der Waals surface area contributed by atoms with Gasteiger partial charge in [0, 0.05) is 51.0 Å². The number of carbonyl (C=O) groups excluding carboxylic acids is 1. The SMILES string of the molecule is CCCn1nc(C(=O)NCCCN2CCN(c3ccccc3)CC2)ccc1=O. The summed E-state index contributed by atoms with van der Waals surface area (Å²) in [5, 5.41) is 7.05. The first-order valence-electron chi connectivity index (χ1n) is 10.1. The van der Waals surface area contributed by atoms with Crippen molar-refractivity contribution < 1.29 is 4.79 Å². The molecule has 1 aromatic heterocycles. The standard InChI is InChI=1S/C21H29N5O2/c1-2-12-26-20(27)10-9-19(23-26)21(28)22-11-6-13-24-14-16-25(17-15-24)18-7-4-3-5-8-18/h3-5,7-10H,2,6,11-17H2,1H3,(H,22,28). The monoisotopic (exact) mass is 383 g/mol. The highest BCUT2D eigenvalue weighted by atomic mass is 16.2. The van der Waals surface area contributed by atoms with Crippen molar-refractivity contribution in [3.63, 3.8) is 0 Å². The van der Waals surface area contributed by atoms with Crippen molar-refractivity contribution in [1.29, 1.82) is 0 Å². The fourth-order valence-corrected chi connectivity index (χ4v) is 3.41. The van der Waals surface area contributed by atoms with Crippen LogP contribution in [0.5, 0.6) is 0 Å². The van der Waals surface area contributed by atoms with Gasteiger partial charge in [-0.05, 0) is 37.6 Å². The lowest BCUT2D eigenvalue weighted by molar-refractivity contribution is 0.0944. The van der Waals surface area contributed by atoms with E-state index < -0.39 is 0 Å². The lowest BCUT2D eigenvalue weighted by atomic mass is 10.2. The Morgan fingerprint density at radius 1 is 1.04 bits per heavy atom. The second-order valence-electron chi connectivity index (χ2n) is 7.05. The number of aryl methyl sites for hydroxylation is 1. The highest BCUT2D eigenvalue weighted by Crippen LogP contribution is 2.15. The summed E-state index contributed by atoms with van der Waals surface area (Å²) in [4.78, 5) is 28.8. The van der Waals surface area contributed by atoms with Crippen LogP contribution in [-0.2, 0) is 6.54 Å². The Balaban J connectivity index is 1.38. The van der Waals surface area contributed by atoms with Crippen molar-refractivity contribution in [3.8, 4) is 0 Å². The number of amides is 1. The van der Waals surface area contributed by atoms with Crippen LogP contribution >= 0.6 is 0 Å². The molecule has 3 rings (SSSR count). The molecule has 0 bridgehead atoms. The molecule has 28 heavy (non-hydrogen) atoms. The normalized spacial score (nSPS) is 14.8. The maximum Gasteiger partial charge on any atom is 0.271 e. The summed E-state index contributed by atoms with van der Waals surface area (Å²) in [7, 11) is 0. The predicted molar refractivity (Wildman–Crippen MR) is 111 cm³/mol. The zero-order chi connectivity index (χ0) is 19.8. The minimum absolute atomic E-state index is 0.173. The lowest BCUT2D eigenvalue weighted by Gasteiger charge is -2.36. The Kier molecular flexibility index (Phi) is 7.19. The topological polar surface area (TPSA) is 70.5 Å². The largest absolute Gasteiger partial charge is 0.369 e. The Labute approximate surface area is 166 Å². The molecular formula is C21H29N5O2. The molecule has 1 saturated heterocycles. The summed E-state index contributed by atoms with van der Waals surface area (Å²) in [6, 6.07) is 13.4. The molecule has 1 aliphatic rings. The molecule has 0 spiro atoms. The van der Waals surface area contributed by atoms with Crippen molar-refractivity contribution >= 4 is 11.6 Å². The van der Waals surface area contributed by atoms with Gasteiger partial charge in [-0.15, -0.1) is 0 Å². The minimum Gasteiger partial charge on any atom is -0.369 e. The first-order chi connectivity index (χ1) is 13.7. The van der Waals surface area contributed by atoms with Crippen LogP contribution in [0.3, 0.4) is 0 Å². The molecule has 0 saturated carbocycles. The van der Waals surface area contributed by atoms with E-state index in [1.54, 1.807) is 0 Å². The van der Waals surface area contributed by atoms with E-state index in [0.29, 0.717) is 18.8 Å². The Bertz CT molecular complexity index is 813. The van der Waals surface area contributed by atoms with Crippen molar-refractivity contribution in [3.05, 3.63) is 58.5 Å². The number of carbonyl (C=O) groups is 1. The number of aromatic nitrogens is 2. The van der Waals surface area contributed by atoms with Gasteiger partial charge in [0.05, 0.1) is 0 Å². The third kappa shape index (κ3) is 5.42. The first-order valence-corrected chi connectivity index (χ1v) is 10.1. The van der Waals surface area contributed by atoms with Crippen molar-refractivity contribution in [1.82, 2.24) is 20.0 Å². The zero-order valence-electron chi connectivity index (χ0n) is 16.5. The van der Waals surface area contributed by atoms with E-state index in [4.69, 9.17) is 0 Å². The molecule has 1 amide bonds. The van der Waals surface area contributed by atoms with Gasteiger partial charge in [-0.2, -0.15) is 5.10 Å². The molecule has 0 radical (unpaired) electrons. The van der Waals surface area contributed by atoms with Crippen LogP contribution in [0.2, 0.25) is 0 Å². The molecule has 0 unspecified atom stereocenters. The average Bonchev–Trinajstić information content (AvgIpc) is 2.74. The van der Waals surface area contributed by atoms with E-state index in [0.717, 1.165) is 45.6 Å². The van der Waals surface area contributed by atoms with E-state index in [9.17, 15) is 9.59 Å². The van der Waals surface area contributed by atoms with E-state index in [1.165, 1.54) is 22.5 Å². The number of piperazine rings is 1. The van der Waals surface area contributed by atoms with E-state index in [2.05, 4.69) is 44.5 Å². The van der Waals surface area contributed by atoms with Gasteiger partial charge in [0.25, 0.3) is 11.5 Å². The number of anilines is 1. The van der Waals surface area contributed by atoms with E-state index >= 15 is 0 Å². The van der Waals surface area contributed by atoms with Crippen LogP contribution in [0, 0.1) is 0 Å². The number of nitrogens with one attached hydrogen (secondary N) is 1. The van der Waals surface area contributed by atoms with E-state index in [1.807, 2.05) is 13.0 Å². The molecule has 1 aliphatic heterocycles. The summed E-state index contributed by atoms with van der Waals surface area (Å²) in [5.74, 6) is -0.223. The lowest BCUT2D eigenvalue weighted by Crippen LogP contribution is -2.47. The van der Waals surface area contributed by atoms with Gasteiger partial charge in [0.2, 0.25) is 0 Å². The molecule has 2 aromatic rings. The molecule has 2 heterocycles. The molecule has 1 aromatic carbocycles. The molecule has 7 heteroatoms. The van der Waals surface area contributed by atoms with Crippen molar-refractivity contribution in [2.24, 2.45) is 0 Å². The van der Waals surface area contributed by atoms with Gasteiger partial charge in [0.1, 0.15) is 5.69 Å². The summed E-state index contributed by atoms with van der Waals surface area (Å²) in [5.41, 5.74) is 1.41. The van der Waals surface area contributed by atoms with Gasteiger partial charge in [0.15, 0.2) is 0 Å². The van der Waals surface area contributed by atoms with Crippen molar-refractivity contribution in [2.45, 2.75) is 26.3 Å². The number of benzene rings is 1. The molecular weight excluding hydrogens is 354 g/mol. The van der Waals surface area contributed by atoms with Crippen LogP contribution in [-0.4, -0.2) is 59.9 Å². The third-order valence-corrected chi connectivity index (χ3v) is 4.96. The second-order valence-corrected chi connectivity index (χ2v) is 7.05. The van der Waals surface area contributed by atoms with Crippen LogP contribution < -0.4 is 15.8 Å². The van der Waals surface area contributed by atoms with Gasteiger partial charge < -0.3 is 10.2 Å². The van der Waals surface area contributed by atoms with Gasteiger partial charge in [-0.1, -0.05) is 25.1 Å². The minimum atomic E-state index is -0.223. The van der Waals surface area contributed by atoms with Crippen LogP contribution in [0.1, 0.15) is 30.3 Å². The molecule has 1 N–H and O–H groups in total. The Morgan fingerprint density at radius 2 is 1.79 bits per heavy atom. The smallest absolute Gasteiger partial charge is 0.271 e. The van der Waals surface area contributed by atoms with Gasteiger partial charge in [-0.3, -0.25) is 14.5 Å². The maximum atomic E-state index is 12.3. The molecule has 0 aliphatic carbocycles. The number of para-hydroxylation sites is 1. The number of hydrogen-bond acceptors (Lipinski definition) is 5. The Hall–Kier alpha value is -2.67. The quantitative estimate of drug-likeness (QED) is 0.701. The summed E-state index contributed by atoms with van der Waals surface area (Å²) in [6.07, 6.45) is 1.70. The van der Waals surface area contributed by atoms with Gasteiger partial charge in [-0.25, -0.2) is 4.68 Å². The predicted octanol–water partition coefficient (Wildman–Crippen LogP) is 1.60. The highest BCUT2D eigenvalue weighted by molar-refractivity contribution is 5.91.